The van der Waals surface area contributed by atoms with E-state index in [1.807, 2.05) is 18.2 Å². The lowest BCUT2D eigenvalue weighted by atomic mass is 10.1. The maximum atomic E-state index is 12.5. The van der Waals surface area contributed by atoms with E-state index in [4.69, 9.17) is 4.42 Å². The molecule has 2 fully saturated rings. The van der Waals surface area contributed by atoms with Gasteiger partial charge in [0.05, 0.1) is 12.3 Å². The van der Waals surface area contributed by atoms with Crippen LogP contribution in [-0.4, -0.2) is 30.4 Å². The van der Waals surface area contributed by atoms with Crippen LogP contribution in [0, 0.1) is 5.92 Å². The molecule has 2 aliphatic rings. The van der Waals surface area contributed by atoms with Crippen LogP contribution in [0.4, 0.5) is 0 Å². The number of hydrogen-bond acceptors (Lipinski definition) is 3. The summed E-state index contributed by atoms with van der Waals surface area (Å²) in [7, 11) is 0. The zero-order chi connectivity index (χ0) is 16.4. The fourth-order valence-electron chi connectivity index (χ4n) is 3.82. The van der Waals surface area contributed by atoms with E-state index < -0.39 is 0 Å². The van der Waals surface area contributed by atoms with Crippen LogP contribution in [0.25, 0.3) is 0 Å². The first-order valence-electron chi connectivity index (χ1n) is 8.93. The van der Waals surface area contributed by atoms with Crippen molar-refractivity contribution in [3.63, 3.8) is 0 Å². The molecule has 126 valence electrons. The van der Waals surface area contributed by atoms with Gasteiger partial charge in [0, 0.05) is 18.4 Å². The maximum absolute atomic E-state index is 12.5. The fourth-order valence-corrected chi connectivity index (χ4v) is 3.82. The second-order valence-corrected chi connectivity index (χ2v) is 6.88. The summed E-state index contributed by atoms with van der Waals surface area (Å²) >= 11 is 0. The highest BCUT2D eigenvalue weighted by atomic mass is 16.3. The summed E-state index contributed by atoms with van der Waals surface area (Å²) in [5, 5.41) is 3.19. The number of hydrogen-bond donors (Lipinski definition) is 1. The first kappa shape index (κ1) is 15.5. The van der Waals surface area contributed by atoms with Crippen molar-refractivity contribution in [1.82, 2.24) is 10.2 Å². The molecule has 1 aliphatic carbocycles. The molecule has 0 bridgehead atoms. The predicted octanol–water partition coefficient (Wildman–Crippen LogP) is 3.34. The third-order valence-corrected chi connectivity index (χ3v) is 5.27. The number of likely N-dealkylation sites (tertiary alicyclic amines) is 1. The van der Waals surface area contributed by atoms with E-state index in [-0.39, 0.29) is 23.8 Å². The molecule has 1 saturated heterocycles. The van der Waals surface area contributed by atoms with E-state index in [1.54, 1.807) is 6.26 Å². The molecule has 1 aromatic heterocycles. The zero-order valence-electron chi connectivity index (χ0n) is 13.9. The maximum Gasteiger partial charge on any atom is 0.223 e. The number of carbonyl (C=O) groups is 1. The zero-order valence-corrected chi connectivity index (χ0v) is 13.9. The normalized spacial score (nSPS) is 24.7. The lowest BCUT2D eigenvalue weighted by Gasteiger charge is -2.28. The molecule has 3 unspecified atom stereocenters. The highest BCUT2D eigenvalue weighted by Crippen LogP contribution is 2.47. The van der Waals surface area contributed by atoms with E-state index >= 15 is 0 Å². The summed E-state index contributed by atoms with van der Waals surface area (Å²) < 4.78 is 5.43. The summed E-state index contributed by atoms with van der Waals surface area (Å²) in [5.41, 5.74) is 1.29. The SMILES string of the molecule is O=C(NCC(c1ccccc1)N1CCCC1)C1CC1c1ccco1. The first-order chi connectivity index (χ1) is 11.8. The van der Waals surface area contributed by atoms with Gasteiger partial charge in [0.25, 0.3) is 0 Å². The molecule has 1 aliphatic heterocycles. The van der Waals surface area contributed by atoms with Gasteiger partial charge in [-0.15, -0.1) is 0 Å². The van der Waals surface area contributed by atoms with Gasteiger partial charge in [0.15, 0.2) is 0 Å². The monoisotopic (exact) mass is 324 g/mol. The standard InChI is InChI=1S/C20H24N2O2/c23-20(17-13-16(17)19-9-6-12-24-19)21-14-18(22-10-4-5-11-22)15-7-2-1-3-8-15/h1-3,6-9,12,16-18H,4-5,10-11,13-14H2,(H,21,23). The molecule has 1 saturated carbocycles. The Kier molecular flexibility index (Phi) is 4.39. The lowest BCUT2D eigenvalue weighted by molar-refractivity contribution is -0.122. The van der Waals surface area contributed by atoms with Crippen LogP contribution in [0.15, 0.2) is 53.1 Å². The molecule has 1 aromatic carbocycles. The summed E-state index contributed by atoms with van der Waals surface area (Å²) in [5.74, 6) is 1.44. The van der Waals surface area contributed by atoms with E-state index in [2.05, 4.69) is 34.5 Å². The van der Waals surface area contributed by atoms with Crippen molar-refractivity contribution in [2.75, 3.05) is 19.6 Å². The highest BCUT2D eigenvalue weighted by Gasteiger charge is 2.45. The van der Waals surface area contributed by atoms with Crippen molar-refractivity contribution in [2.45, 2.75) is 31.2 Å². The molecular formula is C20H24N2O2. The van der Waals surface area contributed by atoms with E-state index in [1.165, 1.54) is 18.4 Å². The van der Waals surface area contributed by atoms with Gasteiger partial charge in [-0.2, -0.15) is 0 Å². The number of furan rings is 1. The van der Waals surface area contributed by atoms with Crippen LogP contribution < -0.4 is 5.32 Å². The number of nitrogens with one attached hydrogen (secondary N) is 1. The Labute approximate surface area is 142 Å². The molecular weight excluding hydrogens is 300 g/mol. The van der Waals surface area contributed by atoms with Gasteiger partial charge in [-0.05, 0) is 50.0 Å². The number of benzene rings is 1. The van der Waals surface area contributed by atoms with Gasteiger partial charge in [-0.3, -0.25) is 9.69 Å². The topological polar surface area (TPSA) is 45.5 Å². The molecule has 1 amide bonds. The number of carbonyl (C=O) groups excluding carboxylic acids is 1. The third kappa shape index (κ3) is 3.24. The van der Waals surface area contributed by atoms with E-state index in [0.717, 1.165) is 25.3 Å². The highest BCUT2D eigenvalue weighted by molar-refractivity contribution is 5.82. The largest absolute Gasteiger partial charge is 0.469 e. The second-order valence-electron chi connectivity index (χ2n) is 6.88. The summed E-state index contributed by atoms with van der Waals surface area (Å²) in [6.07, 6.45) is 5.08. The average Bonchev–Trinajstić information content (AvgIpc) is 3.04. The van der Waals surface area contributed by atoms with Crippen molar-refractivity contribution in [1.29, 1.82) is 0 Å². The Bertz CT molecular complexity index is 662. The molecule has 2 aromatic rings. The van der Waals surface area contributed by atoms with Gasteiger partial charge < -0.3 is 9.73 Å². The van der Waals surface area contributed by atoms with Crippen molar-refractivity contribution < 1.29 is 9.21 Å². The first-order valence-corrected chi connectivity index (χ1v) is 8.93. The quantitative estimate of drug-likeness (QED) is 0.886. The fraction of sp³-hybridized carbons (Fsp3) is 0.450. The molecule has 4 heteroatoms. The smallest absolute Gasteiger partial charge is 0.223 e. The Morgan fingerprint density at radius 3 is 2.67 bits per heavy atom. The van der Waals surface area contributed by atoms with Crippen LogP contribution >= 0.6 is 0 Å². The van der Waals surface area contributed by atoms with Crippen LogP contribution in [0.5, 0.6) is 0 Å². The number of rotatable bonds is 6. The van der Waals surface area contributed by atoms with Crippen LogP contribution in [0.1, 0.15) is 42.5 Å². The Hall–Kier alpha value is -2.07. The molecule has 0 spiro atoms. The van der Waals surface area contributed by atoms with Crippen molar-refractivity contribution in [3.8, 4) is 0 Å². The summed E-state index contributed by atoms with van der Waals surface area (Å²) in [4.78, 5) is 15.0. The molecule has 4 nitrogen and oxygen atoms in total. The van der Waals surface area contributed by atoms with Gasteiger partial charge in [-0.25, -0.2) is 0 Å². The summed E-state index contributed by atoms with van der Waals surface area (Å²) in [6, 6.07) is 14.7. The van der Waals surface area contributed by atoms with E-state index in [9.17, 15) is 4.79 Å². The van der Waals surface area contributed by atoms with Gasteiger partial charge in [0.2, 0.25) is 5.91 Å². The Morgan fingerprint density at radius 1 is 1.17 bits per heavy atom. The lowest BCUT2D eigenvalue weighted by Crippen LogP contribution is -2.37. The Balaban J connectivity index is 1.38. The molecule has 3 atom stereocenters. The van der Waals surface area contributed by atoms with Gasteiger partial charge in [0.1, 0.15) is 5.76 Å². The third-order valence-electron chi connectivity index (χ3n) is 5.27. The van der Waals surface area contributed by atoms with E-state index in [0.29, 0.717) is 6.54 Å². The van der Waals surface area contributed by atoms with Gasteiger partial charge in [-0.1, -0.05) is 30.3 Å². The van der Waals surface area contributed by atoms with Crippen LogP contribution in [0.2, 0.25) is 0 Å². The second kappa shape index (κ2) is 6.81. The molecule has 4 rings (SSSR count). The van der Waals surface area contributed by atoms with Gasteiger partial charge >= 0.3 is 0 Å². The van der Waals surface area contributed by atoms with Crippen molar-refractivity contribution >= 4 is 5.91 Å². The molecule has 2 heterocycles. The number of nitrogens with zero attached hydrogens (tertiary/aromatic N) is 1. The number of amides is 1. The predicted molar refractivity (Wildman–Crippen MR) is 92.6 cm³/mol. The molecule has 24 heavy (non-hydrogen) atoms. The van der Waals surface area contributed by atoms with Crippen LogP contribution in [0.3, 0.4) is 0 Å². The van der Waals surface area contributed by atoms with Crippen LogP contribution in [-0.2, 0) is 4.79 Å². The minimum atomic E-state index is 0.0751. The average molecular weight is 324 g/mol. The minimum absolute atomic E-state index is 0.0751. The summed E-state index contributed by atoms with van der Waals surface area (Å²) in [6.45, 7) is 2.92. The molecule has 0 radical (unpaired) electrons. The van der Waals surface area contributed by atoms with Crippen molar-refractivity contribution in [2.24, 2.45) is 5.92 Å². The Morgan fingerprint density at radius 2 is 1.96 bits per heavy atom. The molecule has 1 N–H and O–H groups in total. The minimum Gasteiger partial charge on any atom is -0.469 e. The van der Waals surface area contributed by atoms with Crippen molar-refractivity contribution in [3.05, 3.63) is 60.1 Å².